The molecule has 0 atom stereocenters. The number of rotatable bonds is 4. The number of carbonyl (C=O) groups is 1. The molecule has 0 bridgehead atoms. The van der Waals surface area contributed by atoms with E-state index < -0.39 is 0 Å². The average Bonchev–Trinajstić information content (AvgIpc) is 2.91. The molecule has 0 spiro atoms. The van der Waals surface area contributed by atoms with E-state index in [1.54, 1.807) is 17.0 Å². The number of amides is 1. The normalized spacial score (nSPS) is 14.8. The third kappa shape index (κ3) is 2.69. The highest BCUT2D eigenvalue weighted by atomic mass is 16.2. The van der Waals surface area contributed by atoms with Crippen molar-refractivity contribution in [3.8, 4) is 0 Å². The summed E-state index contributed by atoms with van der Waals surface area (Å²) >= 11 is 0. The fourth-order valence-corrected chi connectivity index (χ4v) is 2.06. The van der Waals surface area contributed by atoms with Gasteiger partial charge < -0.3 is 14.8 Å². The largest absolute Gasteiger partial charge is 0.356 e. The first-order chi connectivity index (χ1) is 8.72. The van der Waals surface area contributed by atoms with Crippen LogP contribution in [0.25, 0.3) is 0 Å². The van der Waals surface area contributed by atoms with Crippen LogP contribution in [0, 0.1) is 0 Å². The van der Waals surface area contributed by atoms with Gasteiger partial charge in [-0.25, -0.2) is 4.98 Å². The van der Waals surface area contributed by atoms with Gasteiger partial charge in [0.25, 0.3) is 5.56 Å². The maximum atomic E-state index is 11.8. The number of hydrogen-bond acceptors (Lipinski definition) is 4. The molecule has 1 aromatic rings. The Morgan fingerprint density at radius 3 is 2.83 bits per heavy atom. The summed E-state index contributed by atoms with van der Waals surface area (Å²) < 4.78 is 1.55. The summed E-state index contributed by atoms with van der Waals surface area (Å²) in [7, 11) is 0. The Morgan fingerprint density at radius 2 is 2.17 bits per heavy atom. The predicted octanol–water partition coefficient (Wildman–Crippen LogP) is 0.297. The summed E-state index contributed by atoms with van der Waals surface area (Å²) in [5.41, 5.74) is -0.186. The van der Waals surface area contributed by atoms with Crippen LogP contribution in [0.15, 0.2) is 17.2 Å². The number of carbonyl (C=O) groups excluding carboxylic acids is 1. The Hall–Kier alpha value is -1.85. The van der Waals surface area contributed by atoms with Crippen LogP contribution in [0.1, 0.15) is 19.8 Å². The maximum Gasteiger partial charge on any atom is 0.293 e. The Bertz CT molecular complexity index is 477. The summed E-state index contributed by atoms with van der Waals surface area (Å²) in [6, 6.07) is 0. The molecule has 0 saturated carbocycles. The van der Waals surface area contributed by atoms with Gasteiger partial charge in [-0.15, -0.1) is 0 Å². The van der Waals surface area contributed by atoms with Crippen molar-refractivity contribution >= 4 is 11.7 Å². The second kappa shape index (κ2) is 5.66. The summed E-state index contributed by atoms with van der Waals surface area (Å²) in [5, 5.41) is 2.83. The van der Waals surface area contributed by atoms with Crippen LogP contribution < -0.4 is 10.9 Å². The van der Waals surface area contributed by atoms with Crippen molar-refractivity contribution in [2.24, 2.45) is 0 Å². The molecular weight excluding hydrogens is 232 g/mol. The van der Waals surface area contributed by atoms with Gasteiger partial charge in [-0.3, -0.25) is 9.59 Å². The van der Waals surface area contributed by atoms with E-state index in [9.17, 15) is 9.59 Å². The van der Waals surface area contributed by atoms with E-state index >= 15 is 0 Å². The average molecular weight is 250 g/mol. The molecule has 98 valence electrons. The van der Waals surface area contributed by atoms with Crippen molar-refractivity contribution in [1.82, 2.24) is 14.5 Å². The fourth-order valence-electron chi connectivity index (χ4n) is 2.06. The minimum Gasteiger partial charge on any atom is -0.356 e. The highest BCUT2D eigenvalue weighted by Crippen LogP contribution is 2.07. The molecule has 0 radical (unpaired) electrons. The van der Waals surface area contributed by atoms with Crippen molar-refractivity contribution in [2.75, 3.05) is 25.0 Å². The van der Waals surface area contributed by atoms with Crippen LogP contribution in [0.3, 0.4) is 0 Å². The number of nitrogens with zero attached hydrogens (tertiary/aromatic N) is 3. The van der Waals surface area contributed by atoms with Gasteiger partial charge in [0.05, 0.1) is 6.54 Å². The van der Waals surface area contributed by atoms with Crippen molar-refractivity contribution in [1.29, 1.82) is 0 Å². The molecule has 0 unspecified atom stereocenters. The number of aromatic nitrogens is 2. The molecule has 6 heteroatoms. The van der Waals surface area contributed by atoms with Gasteiger partial charge in [-0.05, 0) is 19.8 Å². The zero-order chi connectivity index (χ0) is 13.0. The van der Waals surface area contributed by atoms with Crippen LogP contribution in [-0.4, -0.2) is 40.0 Å². The second-order valence-electron chi connectivity index (χ2n) is 4.31. The van der Waals surface area contributed by atoms with Crippen LogP contribution in [0.5, 0.6) is 0 Å². The number of hydrogen-bond donors (Lipinski definition) is 1. The van der Waals surface area contributed by atoms with Crippen molar-refractivity contribution < 1.29 is 4.79 Å². The fraction of sp³-hybridized carbons (Fsp3) is 0.583. The molecule has 1 fully saturated rings. The molecule has 0 aromatic carbocycles. The van der Waals surface area contributed by atoms with Crippen molar-refractivity contribution in [2.45, 2.75) is 26.3 Å². The van der Waals surface area contributed by atoms with Crippen LogP contribution in [-0.2, 0) is 11.3 Å². The van der Waals surface area contributed by atoms with Crippen molar-refractivity contribution in [3.05, 3.63) is 22.7 Å². The number of nitrogens with one attached hydrogen (secondary N) is 1. The zero-order valence-corrected chi connectivity index (χ0v) is 10.6. The molecule has 18 heavy (non-hydrogen) atoms. The molecule has 1 aliphatic heterocycles. The molecule has 1 saturated heterocycles. The molecular formula is C12H18N4O2. The standard InChI is InChI=1S/C12H18N4O2/c1-2-15-8-5-13-11(12(15)18)14-9-10(17)16-6-3-4-7-16/h5,8H,2-4,6-7,9H2,1H3,(H,13,14). The van der Waals surface area contributed by atoms with Gasteiger partial charge in [0.15, 0.2) is 5.82 Å². The van der Waals surface area contributed by atoms with Crippen LogP contribution in [0.4, 0.5) is 5.82 Å². The van der Waals surface area contributed by atoms with E-state index in [-0.39, 0.29) is 23.8 Å². The third-order valence-electron chi connectivity index (χ3n) is 3.12. The quantitative estimate of drug-likeness (QED) is 0.834. The lowest BCUT2D eigenvalue weighted by molar-refractivity contribution is -0.128. The van der Waals surface area contributed by atoms with E-state index in [1.165, 1.54) is 0 Å². The molecule has 2 heterocycles. The van der Waals surface area contributed by atoms with Gasteiger partial charge >= 0.3 is 0 Å². The summed E-state index contributed by atoms with van der Waals surface area (Å²) in [4.78, 5) is 29.4. The number of likely N-dealkylation sites (tertiary alicyclic amines) is 1. The molecule has 0 aliphatic carbocycles. The molecule has 1 aliphatic rings. The van der Waals surface area contributed by atoms with Crippen molar-refractivity contribution in [3.63, 3.8) is 0 Å². The Labute approximate surface area is 106 Å². The van der Waals surface area contributed by atoms with Gasteiger partial charge in [-0.1, -0.05) is 0 Å². The maximum absolute atomic E-state index is 11.8. The third-order valence-corrected chi connectivity index (χ3v) is 3.12. The van der Waals surface area contributed by atoms with Gasteiger partial charge in [0.2, 0.25) is 5.91 Å². The lowest BCUT2D eigenvalue weighted by Gasteiger charge is -2.15. The Morgan fingerprint density at radius 1 is 1.44 bits per heavy atom. The van der Waals surface area contributed by atoms with Crippen LogP contribution >= 0.6 is 0 Å². The molecule has 1 N–H and O–H groups in total. The monoisotopic (exact) mass is 250 g/mol. The van der Waals surface area contributed by atoms with E-state index in [0.717, 1.165) is 25.9 Å². The number of aryl methyl sites for hydroxylation is 1. The van der Waals surface area contributed by atoms with E-state index in [1.807, 2.05) is 11.8 Å². The van der Waals surface area contributed by atoms with Crippen LogP contribution in [0.2, 0.25) is 0 Å². The first-order valence-corrected chi connectivity index (χ1v) is 6.29. The van der Waals surface area contributed by atoms with Gasteiger partial charge in [0, 0.05) is 32.0 Å². The molecule has 1 amide bonds. The summed E-state index contributed by atoms with van der Waals surface area (Å²) in [6.07, 6.45) is 5.33. The minimum atomic E-state index is -0.186. The Balaban J connectivity index is 1.97. The molecule has 1 aromatic heterocycles. The highest BCUT2D eigenvalue weighted by Gasteiger charge is 2.17. The second-order valence-corrected chi connectivity index (χ2v) is 4.31. The van der Waals surface area contributed by atoms with Gasteiger partial charge in [-0.2, -0.15) is 0 Å². The summed E-state index contributed by atoms with van der Waals surface area (Å²) in [6.45, 7) is 4.26. The highest BCUT2D eigenvalue weighted by molar-refractivity contribution is 5.80. The lowest BCUT2D eigenvalue weighted by atomic mass is 10.4. The first kappa shape index (κ1) is 12.6. The lowest BCUT2D eigenvalue weighted by Crippen LogP contribution is -2.34. The van der Waals surface area contributed by atoms with E-state index in [0.29, 0.717) is 6.54 Å². The molecule has 6 nitrogen and oxygen atoms in total. The minimum absolute atomic E-state index is 0.0283. The smallest absolute Gasteiger partial charge is 0.293 e. The van der Waals surface area contributed by atoms with E-state index in [4.69, 9.17) is 0 Å². The zero-order valence-electron chi connectivity index (χ0n) is 10.6. The molecule has 2 rings (SSSR count). The topological polar surface area (TPSA) is 67.2 Å². The van der Waals surface area contributed by atoms with Gasteiger partial charge in [0.1, 0.15) is 0 Å². The first-order valence-electron chi connectivity index (χ1n) is 6.29. The van der Waals surface area contributed by atoms with E-state index in [2.05, 4.69) is 10.3 Å². The Kier molecular flexibility index (Phi) is 3.96. The summed E-state index contributed by atoms with van der Waals surface area (Å²) in [5.74, 6) is 0.271. The predicted molar refractivity (Wildman–Crippen MR) is 68.5 cm³/mol. The number of anilines is 1. The SMILES string of the molecule is CCn1ccnc(NCC(=O)N2CCCC2)c1=O.